The van der Waals surface area contributed by atoms with Crippen LogP contribution in [0.5, 0.6) is 0 Å². The average molecular weight is 159 g/mol. The van der Waals surface area contributed by atoms with Crippen LogP contribution in [0.2, 0.25) is 0 Å². The molecule has 0 aliphatic carbocycles. The van der Waals surface area contributed by atoms with Crippen molar-refractivity contribution < 1.29 is 9.59 Å². The van der Waals surface area contributed by atoms with Gasteiger partial charge in [0.2, 0.25) is 5.91 Å². The highest BCUT2D eigenvalue weighted by atomic mass is 32.1. The standard InChI is InChI=1S/C6H9NO2S/c1-6(3-10)4(8)2-5(9)7-6/h10H,2-3H2,1H3,(H,7,9)/t6-/m1/s1. The number of amides is 1. The predicted molar refractivity (Wildman–Crippen MR) is 40.0 cm³/mol. The zero-order valence-corrected chi connectivity index (χ0v) is 6.57. The number of nitrogens with one attached hydrogen (secondary N) is 1. The zero-order chi connectivity index (χ0) is 7.78. The second kappa shape index (κ2) is 2.27. The Morgan fingerprint density at radius 2 is 2.30 bits per heavy atom. The minimum atomic E-state index is -0.708. The van der Waals surface area contributed by atoms with Crippen LogP contribution in [0.4, 0.5) is 0 Å². The Labute approximate surface area is 64.6 Å². The summed E-state index contributed by atoms with van der Waals surface area (Å²) in [6.07, 6.45) is 0.0110. The van der Waals surface area contributed by atoms with Crippen LogP contribution in [0.1, 0.15) is 13.3 Å². The minimum Gasteiger partial charge on any atom is -0.343 e. The first-order valence-electron chi connectivity index (χ1n) is 3.04. The molecule has 1 fully saturated rings. The van der Waals surface area contributed by atoms with E-state index in [2.05, 4.69) is 17.9 Å². The Kier molecular flexibility index (Phi) is 1.72. The summed E-state index contributed by atoms with van der Waals surface area (Å²) in [7, 11) is 0. The first-order chi connectivity index (χ1) is 4.58. The SMILES string of the molecule is C[C@]1(CS)NC(=O)CC1=O. The lowest BCUT2D eigenvalue weighted by atomic mass is 10.0. The molecule has 0 bridgehead atoms. The van der Waals surface area contributed by atoms with E-state index in [1.54, 1.807) is 6.92 Å². The van der Waals surface area contributed by atoms with Crippen molar-refractivity contribution in [3.8, 4) is 0 Å². The zero-order valence-electron chi connectivity index (χ0n) is 5.68. The Hall–Kier alpha value is -0.510. The summed E-state index contributed by atoms with van der Waals surface area (Å²) in [5.74, 6) is 0.117. The summed E-state index contributed by atoms with van der Waals surface area (Å²) in [5, 5.41) is 2.56. The van der Waals surface area contributed by atoms with E-state index in [9.17, 15) is 9.59 Å². The summed E-state index contributed by atoms with van der Waals surface area (Å²) in [6, 6.07) is 0. The van der Waals surface area contributed by atoms with Gasteiger partial charge in [0.15, 0.2) is 5.78 Å². The van der Waals surface area contributed by atoms with Crippen molar-refractivity contribution in [3.63, 3.8) is 0 Å². The molecule has 0 unspecified atom stereocenters. The maximum absolute atomic E-state index is 11.0. The first kappa shape index (κ1) is 7.60. The molecule has 0 aromatic heterocycles. The van der Waals surface area contributed by atoms with Crippen LogP contribution < -0.4 is 5.32 Å². The Morgan fingerprint density at radius 1 is 1.70 bits per heavy atom. The summed E-state index contributed by atoms with van der Waals surface area (Å²) >= 11 is 3.97. The van der Waals surface area contributed by atoms with Crippen molar-refractivity contribution in [2.75, 3.05) is 5.75 Å². The van der Waals surface area contributed by atoms with E-state index >= 15 is 0 Å². The smallest absolute Gasteiger partial charge is 0.228 e. The fourth-order valence-electron chi connectivity index (χ4n) is 0.890. The van der Waals surface area contributed by atoms with E-state index in [4.69, 9.17) is 0 Å². The van der Waals surface area contributed by atoms with Gasteiger partial charge in [-0.25, -0.2) is 0 Å². The molecule has 1 aliphatic rings. The van der Waals surface area contributed by atoms with Crippen LogP contribution in [-0.4, -0.2) is 23.0 Å². The van der Waals surface area contributed by atoms with Crippen LogP contribution in [0.15, 0.2) is 0 Å². The van der Waals surface area contributed by atoms with E-state index in [-0.39, 0.29) is 18.1 Å². The molecule has 0 radical (unpaired) electrons. The van der Waals surface area contributed by atoms with Crippen molar-refractivity contribution in [1.82, 2.24) is 5.32 Å². The highest BCUT2D eigenvalue weighted by molar-refractivity contribution is 7.80. The van der Waals surface area contributed by atoms with Crippen LogP contribution in [0.3, 0.4) is 0 Å². The molecule has 56 valence electrons. The summed E-state index contributed by atoms with van der Waals surface area (Å²) in [4.78, 5) is 21.7. The normalized spacial score (nSPS) is 32.6. The molecule has 1 saturated heterocycles. The lowest BCUT2D eigenvalue weighted by Crippen LogP contribution is -2.45. The van der Waals surface area contributed by atoms with Crippen molar-refractivity contribution in [2.45, 2.75) is 18.9 Å². The van der Waals surface area contributed by atoms with Gasteiger partial charge in [0.25, 0.3) is 0 Å². The maximum Gasteiger partial charge on any atom is 0.228 e. The third-order valence-electron chi connectivity index (χ3n) is 1.67. The predicted octanol–water partition coefficient (Wildman–Crippen LogP) is -0.236. The van der Waals surface area contributed by atoms with E-state index in [0.717, 1.165) is 0 Å². The van der Waals surface area contributed by atoms with Gasteiger partial charge in [-0.2, -0.15) is 12.6 Å². The number of Topliss-reactive ketones (excluding diaryl/α,β-unsaturated/α-hetero) is 1. The Balaban J connectivity index is 2.80. The van der Waals surface area contributed by atoms with Crippen molar-refractivity contribution in [3.05, 3.63) is 0 Å². The Morgan fingerprint density at radius 3 is 2.50 bits per heavy atom. The second-order valence-corrected chi connectivity index (χ2v) is 2.95. The topological polar surface area (TPSA) is 46.2 Å². The third kappa shape index (κ3) is 1.03. The van der Waals surface area contributed by atoms with Gasteiger partial charge in [0.1, 0.15) is 5.54 Å². The van der Waals surface area contributed by atoms with Gasteiger partial charge < -0.3 is 5.32 Å². The van der Waals surface area contributed by atoms with E-state index in [1.165, 1.54) is 0 Å². The van der Waals surface area contributed by atoms with Gasteiger partial charge in [-0.1, -0.05) is 0 Å². The van der Waals surface area contributed by atoms with Gasteiger partial charge in [-0.15, -0.1) is 0 Å². The van der Waals surface area contributed by atoms with E-state index in [0.29, 0.717) is 5.75 Å². The van der Waals surface area contributed by atoms with Gasteiger partial charge in [0, 0.05) is 5.75 Å². The summed E-state index contributed by atoms with van der Waals surface area (Å²) in [5.41, 5.74) is -0.708. The van der Waals surface area contributed by atoms with Crippen molar-refractivity contribution in [2.24, 2.45) is 0 Å². The number of ketones is 1. The molecule has 1 aliphatic heterocycles. The van der Waals surface area contributed by atoms with Crippen molar-refractivity contribution in [1.29, 1.82) is 0 Å². The van der Waals surface area contributed by atoms with E-state index < -0.39 is 5.54 Å². The molecule has 1 rings (SSSR count). The number of carbonyl (C=O) groups is 2. The van der Waals surface area contributed by atoms with Crippen LogP contribution in [0, 0.1) is 0 Å². The first-order valence-corrected chi connectivity index (χ1v) is 3.67. The van der Waals surface area contributed by atoms with E-state index in [1.807, 2.05) is 0 Å². The van der Waals surface area contributed by atoms with Crippen molar-refractivity contribution >= 4 is 24.3 Å². The molecule has 1 heterocycles. The van der Waals surface area contributed by atoms with Gasteiger partial charge in [-0.05, 0) is 6.92 Å². The van der Waals surface area contributed by atoms with Gasteiger partial charge in [-0.3, -0.25) is 9.59 Å². The molecule has 0 spiro atoms. The molecular formula is C6H9NO2S. The quantitative estimate of drug-likeness (QED) is 0.410. The molecule has 10 heavy (non-hydrogen) atoms. The van der Waals surface area contributed by atoms with Gasteiger partial charge >= 0.3 is 0 Å². The molecular weight excluding hydrogens is 150 g/mol. The lowest BCUT2D eigenvalue weighted by molar-refractivity contribution is -0.122. The molecule has 0 saturated carbocycles. The monoisotopic (exact) mass is 159 g/mol. The fraction of sp³-hybridized carbons (Fsp3) is 0.667. The number of thiol groups is 1. The van der Waals surface area contributed by atoms with Crippen LogP contribution in [-0.2, 0) is 9.59 Å². The molecule has 3 nitrogen and oxygen atoms in total. The highest BCUT2D eigenvalue weighted by Crippen LogP contribution is 2.16. The largest absolute Gasteiger partial charge is 0.343 e. The molecule has 0 aromatic rings. The van der Waals surface area contributed by atoms with Crippen LogP contribution in [0.25, 0.3) is 0 Å². The number of hydrogen-bond acceptors (Lipinski definition) is 3. The van der Waals surface area contributed by atoms with Crippen LogP contribution >= 0.6 is 12.6 Å². The highest BCUT2D eigenvalue weighted by Gasteiger charge is 2.40. The van der Waals surface area contributed by atoms with Gasteiger partial charge in [0.05, 0.1) is 6.42 Å². The molecule has 1 amide bonds. The Bertz CT molecular complexity index is 192. The number of carbonyl (C=O) groups excluding carboxylic acids is 2. The fourth-order valence-corrected chi connectivity index (χ4v) is 1.15. The number of hydrogen-bond donors (Lipinski definition) is 2. The molecule has 1 atom stereocenters. The average Bonchev–Trinajstić information content (AvgIpc) is 2.09. The molecule has 0 aromatic carbocycles. The summed E-state index contributed by atoms with van der Waals surface area (Å²) < 4.78 is 0. The molecule has 4 heteroatoms. The summed E-state index contributed by atoms with van der Waals surface area (Å²) in [6.45, 7) is 1.69. The second-order valence-electron chi connectivity index (χ2n) is 2.64. The molecule has 1 N–H and O–H groups in total. The maximum atomic E-state index is 11.0. The number of rotatable bonds is 1. The lowest BCUT2D eigenvalue weighted by Gasteiger charge is -2.18. The third-order valence-corrected chi connectivity index (χ3v) is 2.30. The minimum absolute atomic E-state index is 0.0110.